The molecule has 4 heterocycles. The highest BCUT2D eigenvalue weighted by atomic mass is 16.7. The van der Waals surface area contributed by atoms with Crippen LogP contribution in [0.2, 0.25) is 0 Å². The first kappa shape index (κ1) is 50.5. The van der Waals surface area contributed by atoms with E-state index in [0.29, 0.717) is 39.1 Å². The number of cyclic esters (lactones) is 1. The van der Waals surface area contributed by atoms with E-state index < -0.39 is 71.9 Å². The van der Waals surface area contributed by atoms with Gasteiger partial charge in [0.1, 0.15) is 35.9 Å². The molecule has 63 heavy (non-hydrogen) atoms. The number of rotatable bonds is 14. The molecule has 0 spiro atoms. The van der Waals surface area contributed by atoms with Crippen LogP contribution in [0.3, 0.4) is 0 Å². The fourth-order valence-corrected chi connectivity index (χ4v) is 9.60. The number of hydrogen-bond donors (Lipinski definition) is 4. The molecule has 17 heteroatoms. The Balaban J connectivity index is 1.23. The summed E-state index contributed by atoms with van der Waals surface area (Å²) in [7, 11) is 5.31. The van der Waals surface area contributed by atoms with Crippen molar-refractivity contribution in [1.29, 1.82) is 0 Å². The van der Waals surface area contributed by atoms with Crippen LogP contribution in [-0.4, -0.2) is 163 Å². The predicted molar refractivity (Wildman–Crippen MR) is 234 cm³/mol. The number of aliphatic hydroxyl groups is 4. The molecule has 2 aliphatic rings. The molecule has 0 amide bonds. The van der Waals surface area contributed by atoms with Crippen LogP contribution in [0.25, 0.3) is 11.1 Å². The minimum absolute atomic E-state index is 0.108. The fourth-order valence-electron chi connectivity index (χ4n) is 9.60. The Morgan fingerprint density at radius 3 is 2.41 bits per heavy atom. The SMILES string of the molecule is CC[C@H]1OC(=O)[C@H](C)[C@@H](OC)[C@H](C)[C@@H](O[C@@H]2O[C@H](C)C[C@H](N(C)CCc3cn(CCCOc4ccc(-c5cnoc5)cc4)nn3)[C@H]2O)[C@](C)(O)C[C@@H](C)CN(C)[C@H](C)[C@@H](O)[C@]1(C)O. The average molecular weight is 887 g/mol. The van der Waals surface area contributed by atoms with Gasteiger partial charge in [-0.2, -0.15) is 0 Å². The topological polar surface area (TPSA) is 207 Å². The maximum atomic E-state index is 13.8. The van der Waals surface area contributed by atoms with E-state index >= 15 is 0 Å². The van der Waals surface area contributed by atoms with Gasteiger partial charge >= 0.3 is 5.97 Å². The van der Waals surface area contributed by atoms with Gasteiger partial charge < -0.3 is 58.4 Å². The molecular formula is C46H74N6O11. The molecule has 17 nitrogen and oxygen atoms in total. The zero-order chi connectivity index (χ0) is 46.2. The van der Waals surface area contributed by atoms with Gasteiger partial charge in [0.25, 0.3) is 0 Å². The lowest BCUT2D eigenvalue weighted by molar-refractivity contribution is -0.300. The third-order valence-electron chi connectivity index (χ3n) is 13.3. The number of methoxy groups -OCH3 is 1. The second-order valence-electron chi connectivity index (χ2n) is 18.7. The van der Waals surface area contributed by atoms with Crippen molar-refractivity contribution < 1.29 is 53.4 Å². The maximum Gasteiger partial charge on any atom is 0.311 e. The van der Waals surface area contributed by atoms with Crippen molar-refractivity contribution in [3.63, 3.8) is 0 Å². The van der Waals surface area contributed by atoms with Crippen LogP contribution in [-0.2, 0) is 36.7 Å². The van der Waals surface area contributed by atoms with E-state index in [1.54, 1.807) is 33.2 Å². The van der Waals surface area contributed by atoms with Crippen molar-refractivity contribution in [1.82, 2.24) is 30.0 Å². The van der Waals surface area contributed by atoms with Crippen LogP contribution in [0.15, 0.2) is 47.4 Å². The van der Waals surface area contributed by atoms with Crippen molar-refractivity contribution in [3.05, 3.63) is 48.6 Å². The van der Waals surface area contributed by atoms with Crippen LogP contribution >= 0.6 is 0 Å². The quantitative estimate of drug-likeness (QED) is 0.134. The molecule has 2 saturated heterocycles. The predicted octanol–water partition coefficient (Wildman–Crippen LogP) is 3.96. The van der Waals surface area contributed by atoms with Crippen LogP contribution in [0.4, 0.5) is 0 Å². The Morgan fingerprint density at radius 1 is 1.05 bits per heavy atom. The molecular weight excluding hydrogens is 813 g/mol. The fraction of sp³-hybridized carbons (Fsp3) is 0.739. The smallest absolute Gasteiger partial charge is 0.311 e. The van der Waals surface area contributed by atoms with E-state index in [4.69, 9.17) is 28.2 Å². The normalized spacial score (nSPS) is 35.5. The lowest BCUT2D eigenvalue weighted by Gasteiger charge is -2.47. The Labute approximate surface area is 372 Å². The van der Waals surface area contributed by atoms with Crippen molar-refractivity contribution in [3.8, 4) is 16.9 Å². The minimum Gasteiger partial charge on any atom is -0.494 e. The monoisotopic (exact) mass is 887 g/mol. The summed E-state index contributed by atoms with van der Waals surface area (Å²) in [6, 6.07) is 6.92. The number of hydrogen-bond acceptors (Lipinski definition) is 16. The Bertz CT molecular complexity index is 1830. The van der Waals surface area contributed by atoms with Gasteiger partial charge in [-0.1, -0.05) is 43.3 Å². The summed E-state index contributed by atoms with van der Waals surface area (Å²) in [5.74, 6) is -1.41. The van der Waals surface area contributed by atoms with Gasteiger partial charge in [-0.3, -0.25) is 9.48 Å². The van der Waals surface area contributed by atoms with E-state index in [9.17, 15) is 25.2 Å². The van der Waals surface area contributed by atoms with Gasteiger partial charge in [0.05, 0.1) is 48.3 Å². The third kappa shape index (κ3) is 12.6. The summed E-state index contributed by atoms with van der Waals surface area (Å²) in [4.78, 5) is 17.8. The molecule has 5 rings (SSSR count). The van der Waals surface area contributed by atoms with Crippen LogP contribution < -0.4 is 4.74 Å². The molecule has 3 aromatic rings. The number of nitrogens with zero attached hydrogens (tertiary/aromatic N) is 6. The van der Waals surface area contributed by atoms with Crippen LogP contribution in [0.1, 0.15) is 86.8 Å². The number of carbonyl (C=O) groups is 1. The largest absolute Gasteiger partial charge is 0.494 e. The van der Waals surface area contributed by atoms with E-state index in [1.165, 1.54) is 14.0 Å². The molecule has 2 aromatic heterocycles. The van der Waals surface area contributed by atoms with Crippen molar-refractivity contribution >= 4 is 5.97 Å². The van der Waals surface area contributed by atoms with E-state index in [-0.39, 0.29) is 30.9 Å². The number of aromatic nitrogens is 4. The second-order valence-corrected chi connectivity index (χ2v) is 18.7. The number of aryl methyl sites for hydroxylation is 1. The van der Waals surface area contributed by atoms with Crippen molar-refractivity contribution in [2.45, 2.75) is 160 Å². The number of benzene rings is 1. The molecule has 0 unspecified atom stereocenters. The summed E-state index contributed by atoms with van der Waals surface area (Å²) in [6.07, 6.45) is 1.16. The highest BCUT2D eigenvalue weighted by Crippen LogP contribution is 2.37. The number of ether oxygens (including phenoxy) is 5. The van der Waals surface area contributed by atoms with Crippen molar-refractivity contribution in [2.75, 3.05) is 40.9 Å². The van der Waals surface area contributed by atoms with Gasteiger partial charge in [0.15, 0.2) is 6.29 Å². The first-order valence-corrected chi connectivity index (χ1v) is 22.5. The molecule has 14 atom stereocenters. The first-order chi connectivity index (χ1) is 29.8. The zero-order valence-corrected chi connectivity index (χ0v) is 39.2. The molecule has 4 N–H and O–H groups in total. The zero-order valence-electron chi connectivity index (χ0n) is 39.2. The van der Waals surface area contributed by atoms with Gasteiger partial charge in [0.2, 0.25) is 0 Å². The van der Waals surface area contributed by atoms with E-state index in [0.717, 1.165) is 29.0 Å². The molecule has 0 aliphatic carbocycles. The molecule has 1 aromatic carbocycles. The standard InChI is InChI=1S/C46H74N6O11/c1-12-38-46(8,57)41(54)32(6)51(10)25-28(2)23-45(7,56)42(30(4)40(58-11)31(5)43(55)62-38)63-44-39(53)37(22-29(3)61-44)50(9)20-18-35-26-52(49-48-35)19-13-21-59-36-16-14-33(15-17-36)34-24-47-60-27-34/h14-17,24,26-32,37-42,44,53-54,56-57H,12-13,18-23,25H2,1-11H3/t28-,29-,30+,31-,32-,37+,38-,39-,40+,41-,42-,44+,45-,46-/m1/s1. The van der Waals surface area contributed by atoms with Gasteiger partial charge in [-0.25, -0.2) is 0 Å². The first-order valence-electron chi connectivity index (χ1n) is 22.5. The molecule has 0 bridgehead atoms. The van der Waals surface area contributed by atoms with Gasteiger partial charge in [-0.05, 0) is 91.6 Å². The summed E-state index contributed by atoms with van der Waals surface area (Å²) in [5, 5.41) is 59.9. The van der Waals surface area contributed by atoms with Crippen LogP contribution in [0.5, 0.6) is 5.75 Å². The maximum absolute atomic E-state index is 13.8. The Morgan fingerprint density at radius 2 is 1.76 bits per heavy atom. The van der Waals surface area contributed by atoms with Gasteiger partial charge in [0, 0.05) is 69.3 Å². The number of esters is 1. The number of aliphatic hydroxyl groups excluding tert-OH is 2. The van der Waals surface area contributed by atoms with E-state index in [1.807, 2.05) is 81.8 Å². The summed E-state index contributed by atoms with van der Waals surface area (Å²) >= 11 is 0. The second kappa shape index (κ2) is 22.1. The number of carbonyl (C=O) groups excluding carboxylic acids is 1. The Hall–Kier alpha value is -3.52. The summed E-state index contributed by atoms with van der Waals surface area (Å²) in [5.41, 5.74) is -0.502. The highest BCUT2D eigenvalue weighted by Gasteiger charge is 2.50. The van der Waals surface area contributed by atoms with Gasteiger partial charge in [-0.15, -0.1) is 5.10 Å². The van der Waals surface area contributed by atoms with Crippen molar-refractivity contribution in [2.24, 2.45) is 17.8 Å². The molecule has 2 fully saturated rings. The summed E-state index contributed by atoms with van der Waals surface area (Å²) < 4.78 is 37.6. The summed E-state index contributed by atoms with van der Waals surface area (Å²) in [6.45, 7) is 16.5. The molecule has 354 valence electrons. The molecule has 0 saturated carbocycles. The highest BCUT2D eigenvalue weighted by molar-refractivity contribution is 5.73. The Kier molecular flexibility index (Phi) is 17.7. The average Bonchev–Trinajstić information content (AvgIpc) is 3.95. The van der Waals surface area contributed by atoms with E-state index in [2.05, 4.69) is 20.4 Å². The molecule has 2 aliphatic heterocycles. The number of likely N-dealkylation sites (N-methyl/N-ethyl adjacent to an activating group) is 2. The third-order valence-corrected chi connectivity index (χ3v) is 13.3. The lowest BCUT2D eigenvalue weighted by Crippen LogP contribution is -2.59. The van der Waals surface area contributed by atoms with Crippen LogP contribution in [0, 0.1) is 17.8 Å². The minimum atomic E-state index is -1.74. The lowest BCUT2D eigenvalue weighted by atomic mass is 9.78. The molecule has 0 radical (unpaired) electrons.